The zero-order valence-corrected chi connectivity index (χ0v) is 17.7. The lowest BCUT2D eigenvalue weighted by atomic mass is 9.79. The molecule has 1 aliphatic carbocycles. The van der Waals surface area contributed by atoms with E-state index in [1.54, 1.807) is 54.6 Å². The smallest absolute Gasteiger partial charge is 0.255 e. The summed E-state index contributed by atoms with van der Waals surface area (Å²) in [6.07, 6.45) is 0. The van der Waals surface area contributed by atoms with Gasteiger partial charge in [-0.05, 0) is 29.3 Å². The SMILES string of the molecule is O=C(Nc1c(S)cc(-c2ccccc2)c2c1C(=O)c1ccccc1C2=O)c1ccccc1. The van der Waals surface area contributed by atoms with Gasteiger partial charge >= 0.3 is 0 Å². The number of carbonyl (C=O) groups is 3. The van der Waals surface area contributed by atoms with E-state index in [0.29, 0.717) is 27.1 Å². The Bertz CT molecular complexity index is 1400. The first-order valence-electron chi connectivity index (χ1n) is 10.1. The number of ketones is 2. The normalized spacial score (nSPS) is 12.2. The number of hydrogen-bond donors (Lipinski definition) is 2. The summed E-state index contributed by atoms with van der Waals surface area (Å²) in [6.45, 7) is 0. The molecule has 1 aliphatic rings. The number of anilines is 1. The summed E-state index contributed by atoms with van der Waals surface area (Å²) >= 11 is 4.60. The quantitative estimate of drug-likeness (QED) is 0.359. The van der Waals surface area contributed by atoms with E-state index in [1.807, 2.05) is 36.4 Å². The van der Waals surface area contributed by atoms with E-state index < -0.39 is 0 Å². The van der Waals surface area contributed by atoms with Crippen LogP contribution in [-0.2, 0) is 0 Å². The molecule has 154 valence electrons. The molecule has 0 heterocycles. The van der Waals surface area contributed by atoms with Gasteiger partial charge in [-0.15, -0.1) is 12.6 Å². The number of hydrogen-bond acceptors (Lipinski definition) is 4. The predicted octanol–water partition coefficient (Wildman–Crippen LogP) is 5.67. The maximum absolute atomic E-state index is 13.6. The van der Waals surface area contributed by atoms with Gasteiger partial charge in [0.25, 0.3) is 5.91 Å². The second kappa shape index (κ2) is 7.94. The molecule has 0 unspecified atom stereocenters. The molecule has 4 aromatic carbocycles. The fraction of sp³-hybridized carbons (Fsp3) is 0. The van der Waals surface area contributed by atoms with Crippen molar-refractivity contribution in [3.63, 3.8) is 0 Å². The zero-order chi connectivity index (χ0) is 22.2. The molecule has 5 rings (SSSR count). The van der Waals surface area contributed by atoms with Crippen LogP contribution in [0.2, 0.25) is 0 Å². The van der Waals surface area contributed by atoms with Gasteiger partial charge in [0, 0.05) is 27.1 Å². The van der Waals surface area contributed by atoms with Crippen molar-refractivity contribution in [1.82, 2.24) is 0 Å². The summed E-state index contributed by atoms with van der Waals surface area (Å²) in [6, 6.07) is 26.6. The molecule has 32 heavy (non-hydrogen) atoms. The lowest BCUT2D eigenvalue weighted by Crippen LogP contribution is -2.25. The molecule has 0 saturated heterocycles. The highest BCUT2D eigenvalue weighted by Crippen LogP contribution is 2.41. The Kier molecular flexibility index (Phi) is 4.96. The minimum Gasteiger partial charge on any atom is -0.320 e. The number of amides is 1. The Hall–Kier alpha value is -3.96. The molecule has 4 aromatic rings. The van der Waals surface area contributed by atoms with Gasteiger partial charge in [-0.25, -0.2) is 0 Å². The van der Waals surface area contributed by atoms with Crippen molar-refractivity contribution in [3.05, 3.63) is 119 Å². The molecule has 0 atom stereocenters. The number of carbonyl (C=O) groups excluding carboxylic acids is 3. The second-order valence-corrected chi connectivity index (χ2v) is 7.94. The van der Waals surface area contributed by atoms with Crippen molar-refractivity contribution < 1.29 is 14.4 Å². The Morgan fingerprint density at radius 1 is 0.656 bits per heavy atom. The first kappa shape index (κ1) is 20.0. The van der Waals surface area contributed by atoms with Crippen LogP contribution in [0.15, 0.2) is 95.9 Å². The van der Waals surface area contributed by atoms with Crippen LogP contribution in [0.5, 0.6) is 0 Å². The molecule has 0 spiro atoms. The monoisotopic (exact) mass is 435 g/mol. The summed E-state index contributed by atoms with van der Waals surface area (Å²) in [5.74, 6) is -0.945. The van der Waals surface area contributed by atoms with E-state index in [0.717, 1.165) is 5.56 Å². The number of fused-ring (bicyclic) bond motifs is 2. The third-order valence-electron chi connectivity index (χ3n) is 5.54. The number of nitrogens with one attached hydrogen (secondary N) is 1. The van der Waals surface area contributed by atoms with Crippen LogP contribution in [0, 0.1) is 0 Å². The van der Waals surface area contributed by atoms with Crippen LogP contribution < -0.4 is 5.32 Å². The minimum atomic E-state index is -0.380. The summed E-state index contributed by atoms with van der Waals surface area (Å²) < 4.78 is 0. The van der Waals surface area contributed by atoms with E-state index >= 15 is 0 Å². The lowest BCUT2D eigenvalue weighted by molar-refractivity contribution is 0.0979. The summed E-state index contributed by atoms with van der Waals surface area (Å²) in [4.78, 5) is 40.5. The molecular formula is C27H17NO3S. The predicted molar refractivity (Wildman–Crippen MR) is 127 cm³/mol. The van der Waals surface area contributed by atoms with E-state index in [4.69, 9.17) is 0 Å². The maximum Gasteiger partial charge on any atom is 0.255 e. The second-order valence-electron chi connectivity index (χ2n) is 7.46. The number of thiol groups is 1. The first-order valence-corrected chi connectivity index (χ1v) is 10.5. The van der Waals surface area contributed by atoms with Crippen LogP contribution in [0.25, 0.3) is 11.1 Å². The Labute approximate surface area is 190 Å². The standard InChI is InChI=1S/C27H17NO3S/c29-25-18-13-7-8-14-19(18)26(30)23-22(25)20(16-9-3-1-4-10-16)15-21(32)24(23)28-27(31)17-11-5-2-6-12-17/h1-15,32H,(H,28,31). The number of rotatable bonds is 3. The topological polar surface area (TPSA) is 63.2 Å². The van der Waals surface area contributed by atoms with Crippen LogP contribution >= 0.6 is 12.6 Å². The van der Waals surface area contributed by atoms with Crippen LogP contribution in [0.3, 0.4) is 0 Å². The Balaban J connectivity index is 1.76. The van der Waals surface area contributed by atoms with E-state index in [1.165, 1.54) is 0 Å². The fourth-order valence-electron chi connectivity index (χ4n) is 4.03. The highest BCUT2D eigenvalue weighted by Gasteiger charge is 2.35. The fourth-order valence-corrected chi connectivity index (χ4v) is 4.32. The summed E-state index contributed by atoms with van der Waals surface area (Å²) in [7, 11) is 0. The van der Waals surface area contributed by atoms with E-state index in [2.05, 4.69) is 17.9 Å². The molecule has 4 nitrogen and oxygen atoms in total. The molecule has 0 radical (unpaired) electrons. The molecule has 1 N–H and O–H groups in total. The maximum atomic E-state index is 13.6. The van der Waals surface area contributed by atoms with Gasteiger partial charge in [-0.2, -0.15) is 0 Å². The van der Waals surface area contributed by atoms with Gasteiger partial charge in [0.15, 0.2) is 11.6 Å². The number of benzene rings is 4. The van der Waals surface area contributed by atoms with Gasteiger partial charge in [0.2, 0.25) is 0 Å². The average molecular weight is 436 g/mol. The van der Waals surface area contributed by atoms with Crippen LogP contribution in [-0.4, -0.2) is 17.5 Å². The molecule has 1 amide bonds. The first-order chi connectivity index (χ1) is 15.6. The lowest BCUT2D eigenvalue weighted by Gasteiger charge is -2.24. The van der Waals surface area contributed by atoms with Crippen molar-refractivity contribution >= 4 is 35.8 Å². The Morgan fingerprint density at radius 2 is 1.19 bits per heavy atom. The van der Waals surface area contributed by atoms with Crippen molar-refractivity contribution in [2.75, 3.05) is 5.32 Å². The van der Waals surface area contributed by atoms with Gasteiger partial charge in [-0.3, -0.25) is 14.4 Å². The van der Waals surface area contributed by atoms with Crippen molar-refractivity contribution in [1.29, 1.82) is 0 Å². The van der Waals surface area contributed by atoms with E-state index in [-0.39, 0.29) is 34.3 Å². The molecular weight excluding hydrogens is 418 g/mol. The van der Waals surface area contributed by atoms with Gasteiger partial charge < -0.3 is 5.32 Å². The molecule has 0 aromatic heterocycles. The highest BCUT2D eigenvalue weighted by atomic mass is 32.1. The zero-order valence-electron chi connectivity index (χ0n) is 16.8. The minimum absolute atomic E-state index is 0.171. The Morgan fingerprint density at radius 3 is 1.81 bits per heavy atom. The third kappa shape index (κ3) is 3.24. The molecule has 0 saturated carbocycles. The molecule has 0 fully saturated rings. The molecule has 5 heteroatoms. The van der Waals surface area contributed by atoms with Crippen molar-refractivity contribution in [2.45, 2.75) is 4.90 Å². The average Bonchev–Trinajstić information content (AvgIpc) is 2.84. The summed E-state index contributed by atoms with van der Waals surface area (Å²) in [5, 5.41) is 2.83. The summed E-state index contributed by atoms with van der Waals surface area (Å²) in [5.41, 5.74) is 3.20. The largest absolute Gasteiger partial charge is 0.320 e. The third-order valence-corrected chi connectivity index (χ3v) is 5.89. The van der Waals surface area contributed by atoms with Crippen LogP contribution in [0.4, 0.5) is 5.69 Å². The molecule has 0 aliphatic heterocycles. The van der Waals surface area contributed by atoms with Crippen molar-refractivity contribution in [3.8, 4) is 11.1 Å². The van der Waals surface area contributed by atoms with Gasteiger partial charge in [0.05, 0.1) is 11.3 Å². The molecule has 0 bridgehead atoms. The van der Waals surface area contributed by atoms with Gasteiger partial charge in [0.1, 0.15) is 0 Å². The van der Waals surface area contributed by atoms with E-state index in [9.17, 15) is 14.4 Å². The highest BCUT2D eigenvalue weighted by molar-refractivity contribution is 7.80. The van der Waals surface area contributed by atoms with Crippen molar-refractivity contribution in [2.24, 2.45) is 0 Å². The van der Waals surface area contributed by atoms with Gasteiger partial charge in [-0.1, -0.05) is 72.8 Å². The van der Waals surface area contributed by atoms with Crippen LogP contribution in [0.1, 0.15) is 42.2 Å².